The topological polar surface area (TPSA) is 75.7 Å². The summed E-state index contributed by atoms with van der Waals surface area (Å²) in [5.41, 5.74) is -2.15. The Morgan fingerprint density at radius 3 is 1.77 bits per heavy atom. The number of benzene rings is 4. The molecule has 4 aromatic rings. The molecule has 1 amide bonds. The van der Waals surface area contributed by atoms with E-state index in [4.69, 9.17) is 4.74 Å². The minimum absolute atomic E-state index is 0.00984. The van der Waals surface area contributed by atoms with E-state index in [9.17, 15) is 9.00 Å². The number of hydrogen-bond donors (Lipinski definition) is 1. The van der Waals surface area contributed by atoms with Crippen molar-refractivity contribution in [1.82, 2.24) is 4.72 Å². The number of carbonyl (C=O) groups is 2. The molecule has 5 rings (SSSR count). The minimum Gasteiger partial charge on any atom is -0.466 e. The molecule has 0 bridgehead atoms. The van der Waals surface area contributed by atoms with Crippen molar-refractivity contribution in [1.29, 1.82) is 0 Å². The Morgan fingerprint density at radius 2 is 1.34 bits per heavy atom. The fourth-order valence-electron chi connectivity index (χ4n) is 5.86. The molecule has 228 valence electrons. The number of ether oxygens (including phenoxy) is 1. The number of fused-ring (bicyclic) bond motifs is 1. The van der Waals surface area contributed by atoms with Gasteiger partial charge in [-0.2, -0.15) is 0 Å². The van der Waals surface area contributed by atoms with E-state index in [-0.39, 0.29) is 17.9 Å². The molecule has 0 saturated carbocycles. The SMILES string of the molecule is CCOC(=O)C[C@@]1(N[S@](=O)C(C)(C)C)C(=O)N(C(c2ccccc2)(c2ccccc2)c2ccccc2)c2cc(F)cc(F)c21. The number of amides is 1. The van der Waals surface area contributed by atoms with Crippen LogP contribution in [0.3, 0.4) is 0 Å². The largest absolute Gasteiger partial charge is 0.466 e. The van der Waals surface area contributed by atoms with Gasteiger partial charge >= 0.3 is 5.97 Å². The summed E-state index contributed by atoms with van der Waals surface area (Å²) in [5, 5.41) is 0. The standard InChI is InChI=1S/C35H34F2N2O4S/c1-5-43-30(40)23-34(38-44(42)33(2,3)4)31-28(37)21-27(36)22-29(31)39(32(34)41)35(24-15-9-6-10-16-24,25-17-11-7-12-18-25)26-19-13-8-14-20-26/h6-22,38H,5,23H2,1-4H3/t34-,44+/m0/s1. The molecule has 9 heteroatoms. The second kappa shape index (κ2) is 12.1. The third-order valence-corrected chi connectivity index (χ3v) is 9.36. The van der Waals surface area contributed by atoms with Crippen LogP contribution in [0.4, 0.5) is 14.5 Å². The van der Waals surface area contributed by atoms with Crippen molar-refractivity contribution in [3.05, 3.63) is 137 Å². The molecular weight excluding hydrogens is 582 g/mol. The van der Waals surface area contributed by atoms with Gasteiger partial charge in [-0.15, -0.1) is 0 Å². The lowest BCUT2D eigenvalue weighted by Crippen LogP contribution is -2.59. The lowest BCUT2D eigenvalue weighted by Gasteiger charge is -2.44. The van der Waals surface area contributed by atoms with Crippen molar-refractivity contribution in [2.24, 2.45) is 0 Å². The van der Waals surface area contributed by atoms with Crippen LogP contribution in [0.2, 0.25) is 0 Å². The van der Waals surface area contributed by atoms with E-state index in [1.807, 2.05) is 91.0 Å². The molecule has 0 unspecified atom stereocenters. The summed E-state index contributed by atoms with van der Waals surface area (Å²) < 4.78 is 52.5. The Labute approximate surface area is 258 Å². The summed E-state index contributed by atoms with van der Waals surface area (Å²) >= 11 is 0. The summed E-state index contributed by atoms with van der Waals surface area (Å²) in [4.78, 5) is 29.9. The van der Waals surface area contributed by atoms with E-state index in [2.05, 4.69) is 4.72 Å². The summed E-state index contributed by atoms with van der Waals surface area (Å²) in [7, 11) is -1.97. The maximum Gasteiger partial charge on any atom is 0.308 e. The Kier molecular flexibility index (Phi) is 8.55. The molecular formula is C35H34F2N2O4S. The Bertz CT molecular complexity index is 1600. The van der Waals surface area contributed by atoms with Crippen molar-refractivity contribution >= 4 is 28.5 Å². The highest BCUT2D eigenvalue weighted by Gasteiger charge is 2.61. The molecule has 0 spiro atoms. The van der Waals surface area contributed by atoms with Gasteiger partial charge in [-0.05, 0) is 50.5 Å². The van der Waals surface area contributed by atoms with E-state index in [1.54, 1.807) is 27.7 Å². The summed E-state index contributed by atoms with van der Waals surface area (Å²) in [6, 6.07) is 29.3. The van der Waals surface area contributed by atoms with Crippen LogP contribution in [0.1, 0.15) is 56.4 Å². The first-order valence-electron chi connectivity index (χ1n) is 14.3. The molecule has 6 nitrogen and oxygen atoms in total. The third kappa shape index (κ3) is 5.24. The van der Waals surface area contributed by atoms with E-state index in [0.717, 1.165) is 6.07 Å². The molecule has 1 aliphatic rings. The average Bonchev–Trinajstić information content (AvgIpc) is 3.22. The zero-order valence-corrected chi connectivity index (χ0v) is 25.8. The molecule has 4 aromatic carbocycles. The summed E-state index contributed by atoms with van der Waals surface area (Å²) in [6.45, 7) is 6.69. The molecule has 0 aromatic heterocycles. The van der Waals surface area contributed by atoms with Crippen LogP contribution < -0.4 is 9.62 Å². The average molecular weight is 617 g/mol. The van der Waals surface area contributed by atoms with Gasteiger partial charge in [0.2, 0.25) is 0 Å². The van der Waals surface area contributed by atoms with Crippen LogP contribution in [0.15, 0.2) is 103 Å². The fourth-order valence-corrected chi connectivity index (χ4v) is 6.74. The second-order valence-corrected chi connectivity index (χ2v) is 13.6. The predicted octanol–water partition coefficient (Wildman–Crippen LogP) is 6.50. The van der Waals surface area contributed by atoms with Crippen LogP contribution in [0.25, 0.3) is 0 Å². The highest BCUT2D eigenvalue weighted by atomic mass is 32.2. The molecule has 44 heavy (non-hydrogen) atoms. The van der Waals surface area contributed by atoms with Crippen LogP contribution >= 0.6 is 0 Å². The first kappa shape index (κ1) is 31.2. The number of anilines is 1. The second-order valence-electron chi connectivity index (χ2n) is 11.6. The van der Waals surface area contributed by atoms with Gasteiger partial charge in [-0.1, -0.05) is 91.0 Å². The van der Waals surface area contributed by atoms with Gasteiger partial charge in [-0.25, -0.2) is 17.7 Å². The number of nitrogens with zero attached hydrogens (tertiary/aromatic N) is 1. The van der Waals surface area contributed by atoms with Crippen molar-refractivity contribution in [2.45, 2.75) is 49.9 Å². The van der Waals surface area contributed by atoms with Gasteiger partial charge in [-0.3, -0.25) is 14.5 Å². The molecule has 0 radical (unpaired) electrons. The first-order chi connectivity index (χ1) is 21.0. The highest BCUT2D eigenvalue weighted by Crippen LogP contribution is 2.54. The highest BCUT2D eigenvalue weighted by molar-refractivity contribution is 7.84. The van der Waals surface area contributed by atoms with Crippen molar-refractivity contribution < 1.29 is 27.3 Å². The van der Waals surface area contributed by atoms with Crippen LogP contribution in [-0.2, 0) is 36.4 Å². The molecule has 1 aliphatic heterocycles. The van der Waals surface area contributed by atoms with E-state index in [1.165, 1.54) is 4.90 Å². The lowest BCUT2D eigenvalue weighted by atomic mass is 9.75. The molecule has 1 N–H and O–H groups in total. The van der Waals surface area contributed by atoms with Crippen LogP contribution in [0, 0.1) is 11.6 Å². The zero-order valence-electron chi connectivity index (χ0n) is 25.0. The lowest BCUT2D eigenvalue weighted by molar-refractivity contribution is -0.147. The number of halogens is 2. The van der Waals surface area contributed by atoms with E-state index >= 15 is 13.6 Å². The smallest absolute Gasteiger partial charge is 0.308 e. The maximum atomic E-state index is 16.3. The van der Waals surface area contributed by atoms with Gasteiger partial charge < -0.3 is 4.74 Å². The molecule has 2 atom stereocenters. The first-order valence-corrected chi connectivity index (χ1v) is 15.5. The van der Waals surface area contributed by atoms with Crippen molar-refractivity contribution in [2.75, 3.05) is 11.5 Å². The number of nitrogens with one attached hydrogen (secondary N) is 1. The maximum absolute atomic E-state index is 16.3. The monoisotopic (exact) mass is 616 g/mol. The quantitative estimate of drug-likeness (QED) is 0.172. The normalized spacial score (nSPS) is 17.3. The molecule has 0 aliphatic carbocycles. The van der Waals surface area contributed by atoms with E-state index in [0.29, 0.717) is 22.8 Å². The van der Waals surface area contributed by atoms with Gasteiger partial charge in [0.25, 0.3) is 5.91 Å². The number of carbonyl (C=O) groups excluding carboxylic acids is 2. The summed E-state index contributed by atoms with van der Waals surface area (Å²) in [5.74, 6) is -3.55. The Morgan fingerprint density at radius 1 is 0.864 bits per heavy atom. The number of rotatable bonds is 9. The molecule has 0 saturated heterocycles. The van der Waals surface area contributed by atoms with E-state index < -0.39 is 56.7 Å². The van der Waals surface area contributed by atoms with Gasteiger partial charge in [0.15, 0.2) is 5.54 Å². The van der Waals surface area contributed by atoms with Crippen LogP contribution in [-0.4, -0.2) is 27.4 Å². The fraction of sp³-hybridized carbons (Fsp3) is 0.257. The zero-order chi connectivity index (χ0) is 31.7. The van der Waals surface area contributed by atoms with Crippen molar-refractivity contribution in [3.63, 3.8) is 0 Å². The van der Waals surface area contributed by atoms with Gasteiger partial charge in [0.1, 0.15) is 17.2 Å². The number of hydrogen-bond acceptors (Lipinski definition) is 4. The number of esters is 1. The minimum atomic E-state index is -2.19. The molecule has 0 fully saturated rings. The van der Waals surface area contributed by atoms with Gasteiger partial charge in [0.05, 0.1) is 34.4 Å². The Hall–Kier alpha value is -4.21. The van der Waals surface area contributed by atoms with Gasteiger partial charge in [0, 0.05) is 11.6 Å². The van der Waals surface area contributed by atoms with Crippen molar-refractivity contribution in [3.8, 4) is 0 Å². The Balaban J connectivity index is 1.94. The third-order valence-electron chi connectivity index (χ3n) is 7.72. The summed E-state index contributed by atoms with van der Waals surface area (Å²) in [6.07, 6.45) is -0.679. The predicted molar refractivity (Wildman–Crippen MR) is 167 cm³/mol. The van der Waals surface area contributed by atoms with Crippen LogP contribution in [0.5, 0.6) is 0 Å². The molecule has 1 heterocycles.